The second kappa shape index (κ2) is 7.91. The molecule has 2 heterocycles. The van der Waals surface area contributed by atoms with Gasteiger partial charge in [-0.2, -0.15) is 0 Å². The predicted octanol–water partition coefficient (Wildman–Crippen LogP) is 3.09. The molecule has 2 aliphatic rings. The van der Waals surface area contributed by atoms with Crippen molar-refractivity contribution in [1.29, 1.82) is 0 Å². The SMILES string of the molecule is CC(Nc1ccc2c(c1)OC(=O)C2)C(=O)N1CCN(c2ccc(Cl)c(F)c2)CC1. The standard InChI is InChI=1S/C21H21ClFN3O3/c1-13(24-15-3-2-14-10-20(27)29-19(14)11-15)21(28)26-8-6-25(7-9-26)16-4-5-17(22)18(23)12-16/h2-5,11-13,24H,6-10H2,1H3. The van der Waals surface area contributed by atoms with Crippen molar-refractivity contribution < 1.29 is 18.7 Å². The van der Waals surface area contributed by atoms with E-state index in [9.17, 15) is 14.0 Å². The maximum atomic E-state index is 13.7. The van der Waals surface area contributed by atoms with Gasteiger partial charge < -0.3 is 19.9 Å². The molecular formula is C21H21ClFN3O3. The quantitative estimate of drug-likeness (QED) is 0.612. The van der Waals surface area contributed by atoms with E-state index in [2.05, 4.69) is 5.32 Å². The molecule has 1 fully saturated rings. The van der Waals surface area contributed by atoms with Gasteiger partial charge in [-0.1, -0.05) is 17.7 Å². The van der Waals surface area contributed by atoms with Crippen LogP contribution in [-0.4, -0.2) is 49.0 Å². The van der Waals surface area contributed by atoms with Crippen LogP contribution < -0.4 is 15.0 Å². The second-order valence-electron chi connectivity index (χ2n) is 7.25. The molecule has 0 bridgehead atoms. The van der Waals surface area contributed by atoms with Crippen LogP contribution in [0, 0.1) is 5.82 Å². The Kier molecular flexibility index (Phi) is 5.32. The van der Waals surface area contributed by atoms with E-state index in [-0.39, 0.29) is 23.3 Å². The van der Waals surface area contributed by atoms with Crippen molar-refractivity contribution in [3.63, 3.8) is 0 Å². The average Bonchev–Trinajstić information content (AvgIpc) is 3.09. The number of esters is 1. The molecule has 1 N–H and O–H groups in total. The molecule has 1 saturated heterocycles. The third-order valence-corrected chi connectivity index (χ3v) is 5.55. The Labute approximate surface area is 173 Å². The molecule has 152 valence electrons. The Balaban J connectivity index is 1.34. The number of ether oxygens (including phenoxy) is 1. The van der Waals surface area contributed by atoms with Gasteiger partial charge >= 0.3 is 5.97 Å². The molecule has 6 nitrogen and oxygen atoms in total. The summed E-state index contributed by atoms with van der Waals surface area (Å²) in [5.74, 6) is -0.173. The monoisotopic (exact) mass is 417 g/mol. The minimum absolute atomic E-state index is 0.00979. The van der Waals surface area contributed by atoms with Crippen LogP contribution in [0.3, 0.4) is 0 Å². The summed E-state index contributed by atoms with van der Waals surface area (Å²) >= 11 is 5.75. The highest BCUT2D eigenvalue weighted by atomic mass is 35.5. The number of nitrogens with one attached hydrogen (secondary N) is 1. The number of carbonyl (C=O) groups excluding carboxylic acids is 2. The van der Waals surface area contributed by atoms with Crippen molar-refractivity contribution in [2.75, 3.05) is 36.4 Å². The zero-order valence-corrected chi connectivity index (χ0v) is 16.7. The van der Waals surface area contributed by atoms with E-state index in [0.29, 0.717) is 31.9 Å². The lowest BCUT2D eigenvalue weighted by molar-refractivity contribution is -0.132. The van der Waals surface area contributed by atoms with Gasteiger partial charge in [0.2, 0.25) is 5.91 Å². The summed E-state index contributed by atoms with van der Waals surface area (Å²) in [7, 11) is 0. The fourth-order valence-electron chi connectivity index (χ4n) is 3.65. The first-order chi connectivity index (χ1) is 13.9. The van der Waals surface area contributed by atoms with Crippen LogP contribution in [0.25, 0.3) is 0 Å². The average molecular weight is 418 g/mol. The Morgan fingerprint density at radius 3 is 2.66 bits per heavy atom. The number of hydrogen-bond donors (Lipinski definition) is 1. The molecule has 2 aromatic carbocycles. The zero-order valence-electron chi connectivity index (χ0n) is 16.0. The number of carbonyl (C=O) groups is 2. The van der Waals surface area contributed by atoms with Gasteiger partial charge in [0.1, 0.15) is 17.6 Å². The molecule has 0 saturated carbocycles. The summed E-state index contributed by atoms with van der Waals surface area (Å²) in [5.41, 5.74) is 2.35. The maximum absolute atomic E-state index is 13.7. The third kappa shape index (κ3) is 4.15. The Bertz CT molecular complexity index is 960. The van der Waals surface area contributed by atoms with E-state index in [4.69, 9.17) is 16.3 Å². The van der Waals surface area contributed by atoms with E-state index >= 15 is 0 Å². The van der Waals surface area contributed by atoms with Crippen LogP contribution in [0.2, 0.25) is 5.02 Å². The van der Waals surface area contributed by atoms with Gasteiger partial charge in [0.15, 0.2) is 0 Å². The first kappa shape index (κ1) is 19.5. The fourth-order valence-corrected chi connectivity index (χ4v) is 3.77. The van der Waals surface area contributed by atoms with Crippen molar-refractivity contribution in [3.05, 3.63) is 52.8 Å². The highest BCUT2D eigenvalue weighted by Crippen LogP contribution is 2.29. The van der Waals surface area contributed by atoms with Gasteiger partial charge in [-0.15, -0.1) is 0 Å². The number of piperazine rings is 1. The van der Waals surface area contributed by atoms with Crippen LogP contribution in [-0.2, 0) is 16.0 Å². The Morgan fingerprint density at radius 1 is 1.17 bits per heavy atom. The molecule has 1 unspecified atom stereocenters. The molecule has 2 aliphatic heterocycles. The van der Waals surface area contributed by atoms with E-state index in [1.165, 1.54) is 6.07 Å². The Hall–Kier alpha value is -2.80. The maximum Gasteiger partial charge on any atom is 0.315 e. The highest BCUT2D eigenvalue weighted by molar-refractivity contribution is 6.30. The smallest absolute Gasteiger partial charge is 0.315 e. The number of rotatable bonds is 4. The number of anilines is 2. The van der Waals surface area contributed by atoms with Gasteiger partial charge in [0.25, 0.3) is 0 Å². The van der Waals surface area contributed by atoms with Gasteiger partial charge in [-0.25, -0.2) is 4.39 Å². The van der Waals surface area contributed by atoms with E-state index in [0.717, 1.165) is 16.9 Å². The summed E-state index contributed by atoms with van der Waals surface area (Å²) in [6, 6.07) is 9.75. The summed E-state index contributed by atoms with van der Waals surface area (Å²) in [6.07, 6.45) is 0.284. The van der Waals surface area contributed by atoms with E-state index in [1.807, 2.05) is 24.0 Å². The van der Waals surface area contributed by atoms with Gasteiger partial charge in [-0.05, 0) is 31.2 Å². The first-order valence-electron chi connectivity index (χ1n) is 9.49. The Morgan fingerprint density at radius 2 is 1.93 bits per heavy atom. The molecule has 4 rings (SSSR count). The normalized spacial score (nSPS) is 17.0. The molecule has 29 heavy (non-hydrogen) atoms. The number of fused-ring (bicyclic) bond motifs is 1. The number of nitrogens with zero attached hydrogens (tertiary/aromatic N) is 2. The molecule has 0 aromatic heterocycles. The molecule has 2 aromatic rings. The molecule has 0 aliphatic carbocycles. The molecule has 1 atom stereocenters. The van der Waals surface area contributed by atoms with Crippen molar-refractivity contribution in [2.24, 2.45) is 0 Å². The van der Waals surface area contributed by atoms with E-state index < -0.39 is 11.9 Å². The molecule has 0 radical (unpaired) electrons. The number of hydrogen-bond acceptors (Lipinski definition) is 5. The fraction of sp³-hybridized carbons (Fsp3) is 0.333. The summed E-state index contributed by atoms with van der Waals surface area (Å²) in [4.78, 5) is 28.0. The summed E-state index contributed by atoms with van der Waals surface area (Å²) in [5, 5.41) is 3.28. The molecule has 1 amide bonds. The van der Waals surface area contributed by atoms with Crippen LogP contribution in [0.4, 0.5) is 15.8 Å². The van der Waals surface area contributed by atoms with Crippen molar-refractivity contribution in [2.45, 2.75) is 19.4 Å². The zero-order chi connectivity index (χ0) is 20.5. The number of halogens is 2. The molecular weight excluding hydrogens is 397 g/mol. The summed E-state index contributed by atoms with van der Waals surface area (Å²) in [6.45, 7) is 4.15. The third-order valence-electron chi connectivity index (χ3n) is 5.24. The van der Waals surface area contributed by atoms with Gasteiger partial charge in [0.05, 0.1) is 11.4 Å². The second-order valence-corrected chi connectivity index (χ2v) is 7.66. The lowest BCUT2D eigenvalue weighted by atomic mass is 10.1. The highest BCUT2D eigenvalue weighted by Gasteiger charge is 2.26. The minimum Gasteiger partial charge on any atom is -0.426 e. The topological polar surface area (TPSA) is 61.9 Å². The van der Waals surface area contributed by atoms with Crippen molar-refractivity contribution in [3.8, 4) is 5.75 Å². The van der Waals surface area contributed by atoms with Crippen LogP contribution >= 0.6 is 11.6 Å². The lowest BCUT2D eigenvalue weighted by Crippen LogP contribution is -2.52. The summed E-state index contributed by atoms with van der Waals surface area (Å²) < 4.78 is 18.9. The molecule has 8 heteroatoms. The van der Waals surface area contributed by atoms with Crippen molar-refractivity contribution >= 4 is 34.9 Å². The van der Waals surface area contributed by atoms with Crippen molar-refractivity contribution in [1.82, 2.24) is 4.90 Å². The first-order valence-corrected chi connectivity index (χ1v) is 9.87. The minimum atomic E-state index is -0.444. The van der Waals surface area contributed by atoms with Crippen LogP contribution in [0.1, 0.15) is 12.5 Å². The van der Waals surface area contributed by atoms with Crippen LogP contribution in [0.5, 0.6) is 5.75 Å². The number of amides is 1. The lowest BCUT2D eigenvalue weighted by Gasteiger charge is -2.37. The predicted molar refractivity (Wildman–Crippen MR) is 109 cm³/mol. The molecule has 0 spiro atoms. The van der Waals surface area contributed by atoms with Gasteiger partial charge in [0, 0.05) is 49.2 Å². The largest absolute Gasteiger partial charge is 0.426 e. The number of benzene rings is 2. The van der Waals surface area contributed by atoms with Gasteiger partial charge in [-0.3, -0.25) is 9.59 Å². The van der Waals surface area contributed by atoms with E-state index in [1.54, 1.807) is 23.1 Å². The van der Waals surface area contributed by atoms with Crippen LogP contribution in [0.15, 0.2) is 36.4 Å².